The lowest BCUT2D eigenvalue weighted by Crippen LogP contribution is -2.48. The van der Waals surface area contributed by atoms with E-state index < -0.39 is 0 Å². The minimum atomic E-state index is -0.354. The summed E-state index contributed by atoms with van der Waals surface area (Å²) in [6.07, 6.45) is 5.04. The molecule has 10 nitrogen and oxygen atoms in total. The smallest absolute Gasteiger partial charge is 0.258 e. The molecule has 0 spiro atoms. The largest absolute Gasteiger partial charge is 0.368 e. The second kappa shape index (κ2) is 14.3. The molecule has 3 aromatic carbocycles. The lowest BCUT2D eigenvalue weighted by Gasteiger charge is -2.36. The lowest BCUT2D eigenvalue weighted by molar-refractivity contribution is -0.131. The maximum absolute atomic E-state index is 13.0. The highest BCUT2D eigenvalue weighted by Crippen LogP contribution is 2.23. The van der Waals surface area contributed by atoms with Crippen LogP contribution in [0, 0.1) is 0 Å². The van der Waals surface area contributed by atoms with E-state index in [1.54, 1.807) is 48.5 Å². The van der Waals surface area contributed by atoms with Crippen LogP contribution >= 0.6 is 0 Å². The van der Waals surface area contributed by atoms with Crippen LogP contribution in [-0.2, 0) is 4.79 Å². The molecule has 2 heterocycles. The normalized spacial score (nSPS) is 13.0. The van der Waals surface area contributed by atoms with Crippen LogP contribution in [0.4, 0.5) is 17.6 Å². The Balaban J connectivity index is 1.29. The van der Waals surface area contributed by atoms with Crippen molar-refractivity contribution in [3.05, 3.63) is 96.1 Å². The molecule has 5 rings (SSSR count). The SMILES string of the molecule is CCCCCCC(=O)N1CCN(c2ccc(-n3nc(NC(=O)c4ccccc4)nc3NC(=O)c3ccccc3)cc2)CC1. The summed E-state index contributed by atoms with van der Waals surface area (Å²) in [5, 5.41) is 10.0. The van der Waals surface area contributed by atoms with Gasteiger partial charge in [-0.05, 0) is 55.0 Å². The zero-order valence-corrected chi connectivity index (χ0v) is 24.4. The van der Waals surface area contributed by atoms with Crippen LogP contribution in [-0.4, -0.2) is 63.6 Å². The molecule has 43 heavy (non-hydrogen) atoms. The van der Waals surface area contributed by atoms with E-state index in [1.165, 1.54) is 11.1 Å². The van der Waals surface area contributed by atoms with Crippen LogP contribution in [0.5, 0.6) is 0 Å². The fourth-order valence-corrected chi connectivity index (χ4v) is 5.03. The topological polar surface area (TPSA) is 112 Å². The fourth-order valence-electron chi connectivity index (χ4n) is 5.03. The van der Waals surface area contributed by atoms with Crippen LogP contribution < -0.4 is 15.5 Å². The molecule has 10 heteroatoms. The monoisotopic (exact) mass is 579 g/mol. The molecule has 4 aromatic rings. The summed E-state index contributed by atoms with van der Waals surface area (Å²) in [7, 11) is 0. The first-order valence-corrected chi connectivity index (χ1v) is 14.8. The van der Waals surface area contributed by atoms with Crippen molar-refractivity contribution in [2.45, 2.75) is 39.0 Å². The van der Waals surface area contributed by atoms with Crippen molar-refractivity contribution < 1.29 is 14.4 Å². The van der Waals surface area contributed by atoms with Gasteiger partial charge < -0.3 is 9.80 Å². The molecule has 222 valence electrons. The third-order valence-electron chi connectivity index (χ3n) is 7.47. The number of hydrogen-bond donors (Lipinski definition) is 2. The number of amides is 3. The number of nitrogens with one attached hydrogen (secondary N) is 2. The molecule has 0 saturated carbocycles. The van der Waals surface area contributed by atoms with E-state index in [0.717, 1.165) is 38.0 Å². The Bertz CT molecular complexity index is 1510. The molecule has 1 aliphatic heterocycles. The molecular weight excluding hydrogens is 542 g/mol. The van der Waals surface area contributed by atoms with Gasteiger partial charge in [0.15, 0.2) is 0 Å². The number of nitrogens with zero attached hydrogens (tertiary/aromatic N) is 5. The number of rotatable bonds is 11. The fraction of sp³-hybridized carbons (Fsp3) is 0.303. The van der Waals surface area contributed by atoms with Crippen LogP contribution in [0.15, 0.2) is 84.9 Å². The molecular formula is C33H37N7O3. The summed E-state index contributed by atoms with van der Waals surface area (Å²) < 4.78 is 1.50. The Morgan fingerprint density at radius 3 is 1.88 bits per heavy atom. The number of carbonyl (C=O) groups is 3. The highest BCUT2D eigenvalue weighted by molar-refractivity contribution is 6.04. The van der Waals surface area contributed by atoms with Gasteiger partial charge in [-0.25, -0.2) is 0 Å². The van der Waals surface area contributed by atoms with E-state index in [9.17, 15) is 14.4 Å². The summed E-state index contributed by atoms with van der Waals surface area (Å²) in [5.74, 6) is -0.206. The summed E-state index contributed by atoms with van der Waals surface area (Å²) >= 11 is 0. The van der Waals surface area contributed by atoms with Gasteiger partial charge in [-0.15, -0.1) is 5.10 Å². The van der Waals surface area contributed by atoms with Crippen LogP contribution in [0.1, 0.15) is 59.7 Å². The van der Waals surface area contributed by atoms with Gasteiger partial charge in [0, 0.05) is 49.4 Å². The van der Waals surface area contributed by atoms with Crippen molar-refractivity contribution in [2.75, 3.05) is 41.7 Å². The van der Waals surface area contributed by atoms with E-state index in [1.807, 2.05) is 41.3 Å². The molecule has 0 aliphatic carbocycles. The van der Waals surface area contributed by atoms with Crippen molar-refractivity contribution in [2.24, 2.45) is 0 Å². The minimum Gasteiger partial charge on any atom is -0.368 e. The second-order valence-electron chi connectivity index (χ2n) is 10.5. The van der Waals surface area contributed by atoms with Crippen LogP contribution in [0.2, 0.25) is 0 Å². The number of benzene rings is 3. The molecule has 1 aliphatic rings. The van der Waals surface area contributed by atoms with Crippen molar-refractivity contribution in [3.8, 4) is 5.69 Å². The Kier molecular flexibility index (Phi) is 9.78. The maximum atomic E-state index is 13.0. The second-order valence-corrected chi connectivity index (χ2v) is 10.5. The van der Waals surface area contributed by atoms with E-state index >= 15 is 0 Å². The Labute approximate surface area is 251 Å². The Hall–Kier alpha value is -4.99. The highest BCUT2D eigenvalue weighted by Gasteiger charge is 2.22. The third-order valence-corrected chi connectivity index (χ3v) is 7.47. The predicted octanol–water partition coefficient (Wildman–Crippen LogP) is 5.39. The van der Waals surface area contributed by atoms with Crippen molar-refractivity contribution in [3.63, 3.8) is 0 Å². The summed E-state index contributed by atoms with van der Waals surface area (Å²) in [6, 6.07) is 25.4. The number of carbonyl (C=O) groups excluding carboxylic acids is 3. The minimum absolute atomic E-state index is 0.0665. The van der Waals surface area contributed by atoms with Gasteiger partial charge in [0.2, 0.25) is 11.9 Å². The maximum Gasteiger partial charge on any atom is 0.258 e. The quantitative estimate of drug-likeness (QED) is 0.231. The molecule has 2 N–H and O–H groups in total. The number of piperazine rings is 1. The van der Waals surface area contributed by atoms with Gasteiger partial charge in [0.05, 0.1) is 5.69 Å². The number of anilines is 3. The van der Waals surface area contributed by atoms with Crippen molar-refractivity contribution in [1.82, 2.24) is 19.7 Å². The van der Waals surface area contributed by atoms with E-state index in [4.69, 9.17) is 0 Å². The van der Waals surface area contributed by atoms with E-state index in [0.29, 0.717) is 36.3 Å². The zero-order chi connectivity index (χ0) is 30.0. The van der Waals surface area contributed by atoms with Crippen molar-refractivity contribution in [1.29, 1.82) is 0 Å². The van der Waals surface area contributed by atoms with Gasteiger partial charge in [0.1, 0.15) is 0 Å². The standard InChI is InChI=1S/C33H37N7O3/c1-2-3-4-11-16-29(41)39-23-21-38(22-24-39)27-17-19-28(20-18-27)40-33(35-31(43)26-14-9-6-10-15-26)36-32(37-40)34-30(42)25-12-7-5-8-13-25/h5-10,12-15,17-20H,2-4,11,16,21-24H2,1H3,(H2,34,35,36,37,42,43). The molecule has 3 amide bonds. The van der Waals surface area contributed by atoms with Gasteiger partial charge in [-0.3, -0.25) is 25.0 Å². The van der Waals surface area contributed by atoms with E-state index in [2.05, 4.69) is 32.5 Å². The summed E-state index contributed by atoms with van der Waals surface area (Å²) in [6.45, 7) is 5.11. The number of hydrogen-bond acceptors (Lipinski definition) is 6. The lowest BCUT2D eigenvalue weighted by atomic mass is 10.1. The van der Waals surface area contributed by atoms with Crippen molar-refractivity contribution >= 4 is 35.3 Å². The first-order valence-electron chi connectivity index (χ1n) is 14.8. The van der Waals surface area contributed by atoms with Gasteiger partial charge in [0.25, 0.3) is 17.8 Å². The zero-order valence-electron chi connectivity index (χ0n) is 24.4. The van der Waals surface area contributed by atoms with Gasteiger partial charge in [-0.1, -0.05) is 62.6 Å². The predicted molar refractivity (Wildman–Crippen MR) is 168 cm³/mol. The molecule has 0 unspecified atom stereocenters. The van der Waals surface area contributed by atoms with Crippen LogP contribution in [0.3, 0.4) is 0 Å². The average Bonchev–Trinajstić information content (AvgIpc) is 3.45. The Morgan fingerprint density at radius 1 is 0.698 bits per heavy atom. The average molecular weight is 580 g/mol. The van der Waals surface area contributed by atoms with E-state index in [-0.39, 0.29) is 29.6 Å². The molecule has 1 fully saturated rings. The molecule has 0 radical (unpaired) electrons. The summed E-state index contributed by atoms with van der Waals surface area (Å²) in [4.78, 5) is 47.0. The Morgan fingerprint density at radius 2 is 1.28 bits per heavy atom. The summed E-state index contributed by atoms with van der Waals surface area (Å²) in [5.41, 5.74) is 2.64. The first kappa shape index (κ1) is 29.5. The molecule has 1 saturated heterocycles. The number of unbranched alkanes of at least 4 members (excludes halogenated alkanes) is 3. The van der Waals surface area contributed by atoms with Gasteiger partial charge >= 0.3 is 0 Å². The molecule has 0 bridgehead atoms. The molecule has 0 atom stereocenters. The van der Waals surface area contributed by atoms with Crippen LogP contribution in [0.25, 0.3) is 5.69 Å². The first-order chi connectivity index (χ1) is 21.0. The molecule has 1 aromatic heterocycles. The number of aromatic nitrogens is 3. The van der Waals surface area contributed by atoms with Gasteiger partial charge in [-0.2, -0.15) is 9.67 Å². The highest BCUT2D eigenvalue weighted by atomic mass is 16.2. The third kappa shape index (κ3) is 7.65.